The molecular weight excluding hydrogens is 624 g/mol. The third kappa shape index (κ3) is 4.06. The lowest BCUT2D eigenvalue weighted by atomic mass is 10.0. The minimum atomic E-state index is 0.675. The number of para-hydroxylation sites is 2. The second-order valence-corrected chi connectivity index (χ2v) is 14.9. The molecule has 0 fully saturated rings. The molecule has 0 saturated carbocycles. The van der Waals surface area contributed by atoms with Gasteiger partial charge in [0.15, 0.2) is 0 Å². The van der Waals surface area contributed by atoms with Crippen LogP contribution in [-0.2, 0) is 0 Å². The van der Waals surface area contributed by atoms with Crippen LogP contribution in [0.2, 0.25) is 0 Å². The highest BCUT2D eigenvalue weighted by molar-refractivity contribution is 7.58. The Hall–Kier alpha value is -4.99. The number of thiophene rings is 1. The van der Waals surface area contributed by atoms with Gasteiger partial charge in [0.2, 0.25) is 0 Å². The first-order valence-corrected chi connectivity index (χ1v) is 19.4. The summed E-state index contributed by atoms with van der Waals surface area (Å²) in [6.07, 6.45) is 0. The van der Waals surface area contributed by atoms with Crippen molar-refractivity contribution in [2.75, 3.05) is 0 Å². The summed E-state index contributed by atoms with van der Waals surface area (Å²) in [6.45, 7) is 0. The lowest BCUT2D eigenvalue weighted by molar-refractivity contribution is 1.16. The van der Waals surface area contributed by atoms with Crippen molar-refractivity contribution < 1.29 is 0 Å². The number of fused-ring (bicyclic) bond motifs is 9. The van der Waals surface area contributed by atoms with Gasteiger partial charge in [-0.05, 0) is 65.7 Å². The monoisotopic (exact) mass is 650 g/mol. The molecule has 10 rings (SSSR count). The third-order valence-electron chi connectivity index (χ3n) is 9.58. The van der Waals surface area contributed by atoms with E-state index in [2.05, 4.69) is 170 Å². The Labute approximate surface area is 280 Å². The highest BCUT2D eigenvalue weighted by atomic mass is 32.1. The van der Waals surface area contributed by atoms with E-state index < -0.39 is 0 Å². The molecule has 2 nitrogen and oxygen atoms in total. The molecule has 47 heavy (non-hydrogen) atoms. The van der Waals surface area contributed by atoms with Gasteiger partial charge >= 0.3 is 0 Å². The third-order valence-corrected chi connectivity index (χ3v) is 12.4. The molecule has 220 valence electrons. The van der Waals surface area contributed by atoms with Crippen LogP contribution in [0.25, 0.3) is 86.3 Å². The maximum atomic E-state index is 2.91. The first-order valence-electron chi connectivity index (χ1n) is 15.8. The lowest BCUT2D eigenvalue weighted by Gasteiger charge is -2.11. The summed E-state index contributed by atoms with van der Waals surface area (Å²) in [6, 6.07) is 56.0. The molecule has 1 unspecified atom stereocenters. The SMILES string of the molecule is P[Si]c1ccc2c(c1)c1cc3c4ccccc4n(-c4ccc(-c5cccc6c5sc5ccccc56)cc4)c3cc1n2-c1ccccc1. The Bertz CT molecular complexity index is 2830. The normalized spacial score (nSPS) is 12.0. The van der Waals surface area contributed by atoms with Crippen molar-refractivity contribution in [3.05, 3.63) is 152 Å². The number of rotatable bonds is 4. The van der Waals surface area contributed by atoms with E-state index in [0.29, 0.717) is 9.19 Å². The minimum Gasteiger partial charge on any atom is -0.309 e. The smallest absolute Gasteiger partial charge is 0.108 e. The van der Waals surface area contributed by atoms with Crippen LogP contribution in [0.4, 0.5) is 0 Å². The molecule has 0 bridgehead atoms. The van der Waals surface area contributed by atoms with Crippen LogP contribution in [-0.4, -0.2) is 18.3 Å². The molecule has 0 spiro atoms. The molecule has 2 radical (unpaired) electrons. The highest BCUT2D eigenvalue weighted by Gasteiger charge is 2.19. The summed E-state index contributed by atoms with van der Waals surface area (Å²) < 4.78 is 7.55. The number of benzene rings is 7. The summed E-state index contributed by atoms with van der Waals surface area (Å²) in [5.74, 6) is 0. The summed E-state index contributed by atoms with van der Waals surface area (Å²) in [4.78, 5) is 0. The molecule has 3 heterocycles. The topological polar surface area (TPSA) is 9.86 Å². The van der Waals surface area contributed by atoms with E-state index in [1.807, 2.05) is 11.3 Å². The predicted octanol–water partition coefficient (Wildman–Crippen LogP) is 11.0. The van der Waals surface area contributed by atoms with Crippen LogP contribution in [0.1, 0.15) is 0 Å². The Morgan fingerprint density at radius 2 is 1.09 bits per heavy atom. The van der Waals surface area contributed by atoms with Gasteiger partial charge in [-0.3, -0.25) is 0 Å². The van der Waals surface area contributed by atoms with E-state index in [4.69, 9.17) is 0 Å². The van der Waals surface area contributed by atoms with Crippen LogP contribution in [0.5, 0.6) is 0 Å². The molecule has 0 aliphatic rings. The summed E-state index contributed by atoms with van der Waals surface area (Å²) in [5, 5.41) is 9.15. The molecule has 0 N–H and O–H groups in total. The Kier molecular flexibility index (Phi) is 6.07. The molecule has 7 aromatic carbocycles. The molecule has 0 aliphatic carbocycles. The largest absolute Gasteiger partial charge is 0.309 e. The fraction of sp³-hybridized carbons (Fsp3) is 0. The zero-order valence-electron chi connectivity index (χ0n) is 25.3. The van der Waals surface area contributed by atoms with Gasteiger partial charge in [-0.1, -0.05) is 102 Å². The molecule has 0 saturated heterocycles. The predicted molar refractivity (Wildman–Crippen MR) is 209 cm³/mol. The van der Waals surface area contributed by atoms with E-state index in [1.165, 1.54) is 85.8 Å². The molecule has 0 amide bonds. The van der Waals surface area contributed by atoms with E-state index in [9.17, 15) is 0 Å². The van der Waals surface area contributed by atoms with Crippen molar-refractivity contribution in [3.63, 3.8) is 0 Å². The van der Waals surface area contributed by atoms with Crippen molar-refractivity contribution in [1.82, 2.24) is 9.13 Å². The number of hydrogen-bond acceptors (Lipinski definition) is 1. The van der Waals surface area contributed by atoms with Crippen molar-refractivity contribution in [1.29, 1.82) is 0 Å². The van der Waals surface area contributed by atoms with Gasteiger partial charge < -0.3 is 9.13 Å². The highest BCUT2D eigenvalue weighted by Crippen LogP contribution is 2.42. The van der Waals surface area contributed by atoms with Gasteiger partial charge in [0.1, 0.15) is 9.19 Å². The first kappa shape index (κ1) is 27.2. The first-order chi connectivity index (χ1) is 23.3. The van der Waals surface area contributed by atoms with Gasteiger partial charge in [-0.2, -0.15) is 0 Å². The summed E-state index contributed by atoms with van der Waals surface area (Å²) >= 11 is 1.88. The Balaban J connectivity index is 1.22. The van der Waals surface area contributed by atoms with Gasteiger partial charge in [-0.25, -0.2) is 0 Å². The second-order valence-electron chi connectivity index (χ2n) is 12.1. The van der Waals surface area contributed by atoms with E-state index in [0.717, 1.165) is 5.69 Å². The van der Waals surface area contributed by atoms with E-state index >= 15 is 0 Å². The van der Waals surface area contributed by atoms with Crippen LogP contribution in [0, 0.1) is 0 Å². The van der Waals surface area contributed by atoms with Crippen LogP contribution < -0.4 is 5.19 Å². The van der Waals surface area contributed by atoms with Crippen molar-refractivity contribution >= 4 is 98.3 Å². The molecule has 10 aromatic rings. The van der Waals surface area contributed by atoms with Crippen LogP contribution in [0.15, 0.2) is 152 Å². The average Bonchev–Trinajstić information content (AvgIpc) is 3.78. The van der Waals surface area contributed by atoms with Gasteiger partial charge in [0.25, 0.3) is 0 Å². The molecular formula is C42H27N2PSSi. The Morgan fingerprint density at radius 1 is 0.447 bits per heavy atom. The maximum Gasteiger partial charge on any atom is 0.108 e. The van der Waals surface area contributed by atoms with Gasteiger partial charge in [0, 0.05) is 53.1 Å². The van der Waals surface area contributed by atoms with Gasteiger partial charge in [-0.15, -0.1) is 20.1 Å². The fourth-order valence-corrected chi connectivity index (χ4v) is 9.65. The molecule has 0 aliphatic heterocycles. The van der Waals surface area contributed by atoms with Crippen molar-refractivity contribution in [2.45, 2.75) is 0 Å². The maximum absolute atomic E-state index is 2.91. The zero-order valence-corrected chi connectivity index (χ0v) is 28.3. The van der Waals surface area contributed by atoms with Crippen LogP contribution >= 0.6 is 20.1 Å². The standard InChI is InChI=1S/C42H27N2PSSi/c45-47-29-21-22-38-34(23-29)36-24-35-31-11-4-6-15-37(31)44(39(35)25-40(36)43(38)27-9-2-1-3-10-27)28-19-17-26(18-20-28)30-13-8-14-33-32-12-5-7-16-41(32)46-42(30)33/h1-25H,45H2. The Morgan fingerprint density at radius 3 is 1.89 bits per heavy atom. The number of nitrogens with zero attached hydrogens (tertiary/aromatic N) is 2. The summed E-state index contributed by atoms with van der Waals surface area (Å²) in [5.41, 5.74) is 9.76. The lowest BCUT2D eigenvalue weighted by Crippen LogP contribution is -2.06. The van der Waals surface area contributed by atoms with Crippen molar-refractivity contribution in [3.8, 4) is 22.5 Å². The molecule has 5 heteroatoms. The van der Waals surface area contributed by atoms with E-state index in [1.54, 1.807) is 0 Å². The summed E-state index contributed by atoms with van der Waals surface area (Å²) in [7, 11) is 3.58. The number of hydrogen-bond donors (Lipinski definition) is 0. The van der Waals surface area contributed by atoms with Crippen LogP contribution in [0.3, 0.4) is 0 Å². The van der Waals surface area contributed by atoms with E-state index in [-0.39, 0.29) is 0 Å². The van der Waals surface area contributed by atoms with Crippen molar-refractivity contribution in [2.24, 2.45) is 0 Å². The number of aromatic nitrogens is 2. The fourth-order valence-electron chi connectivity index (χ4n) is 7.47. The quantitative estimate of drug-likeness (QED) is 0.133. The second kappa shape index (κ2) is 10.5. The average molecular weight is 651 g/mol. The van der Waals surface area contributed by atoms with Gasteiger partial charge in [0.05, 0.1) is 22.1 Å². The zero-order chi connectivity index (χ0) is 31.1. The molecule has 1 atom stereocenters. The minimum absolute atomic E-state index is 0.675. The molecule has 3 aromatic heterocycles.